The van der Waals surface area contributed by atoms with Crippen LogP contribution in [0.15, 0.2) is 9.41 Å². The summed E-state index contributed by atoms with van der Waals surface area (Å²) in [6.45, 7) is 4.46. The van der Waals surface area contributed by atoms with Crippen LogP contribution in [0.2, 0.25) is 0 Å². The molecule has 1 aliphatic carbocycles. The molecule has 0 radical (unpaired) electrons. The molecule has 2 N–H and O–H groups in total. The molecule has 0 amide bonds. The molecule has 19 heavy (non-hydrogen) atoms. The van der Waals surface area contributed by atoms with E-state index in [1.165, 1.54) is 32.1 Å². The molecule has 0 unspecified atom stereocenters. The number of aliphatic imine (C=N–C) groups is 1. The maximum Gasteiger partial charge on any atom is 0.214 e. The summed E-state index contributed by atoms with van der Waals surface area (Å²) in [5.41, 5.74) is 0.951. The highest BCUT2D eigenvalue weighted by atomic mass is 16.4. The molecule has 0 bridgehead atoms. The maximum atomic E-state index is 5.54. The molecule has 1 aromatic heterocycles. The van der Waals surface area contributed by atoms with E-state index in [1.807, 2.05) is 13.8 Å². The fourth-order valence-corrected chi connectivity index (χ4v) is 2.41. The lowest BCUT2D eigenvalue weighted by Gasteiger charge is -2.24. The third kappa shape index (κ3) is 3.98. The molecule has 1 saturated carbocycles. The van der Waals surface area contributed by atoms with Crippen molar-refractivity contribution in [3.05, 3.63) is 17.3 Å². The van der Waals surface area contributed by atoms with Crippen LogP contribution in [0.4, 0.5) is 0 Å². The summed E-state index contributed by atoms with van der Waals surface area (Å²) in [7, 11) is 1.80. The first-order valence-corrected chi connectivity index (χ1v) is 7.09. The van der Waals surface area contributed by atoms with E-state index in [2.05, 4.69) is 20.6 Å². The van der Waals surface area contributed by atoms with Gasteiger partial charge < -0.3 is 15.1 Å². The van der Waals surface area contributed by atoms with E-state index in [9.17, 15) is 0 Å². The molecule has 1 fully saturated rings. The van der Waals surface area contributed by atoms with Crippen molar-refractivity contribution in [3.63, 3.8) is 0 Å². The zero-order valence-electron chi connectivity index (χ0n) is 12.1. The minimum absolute atomic E-state index is 0.549. The van der Waals surface area contributed by atoms with E-state index in [1.54, 1.807) is 7.05 Å². The highest BCUT2D eigenvalue weighted by Crippen LogP contribution is 2.17. The number of guanidine groups is 1. The maximum absolute atomic E-state index is 5.54. The van der Waals surface area contributed by atoms with E-state index in [0.29, 0.717) is 18.5 Å². The largest absolute Gasteiger partial charge is 0.444 e. The van der Waals surface area contributed by atoms with Crippen LogP contribution in [0.3, 0.4) is 0 Å². The van der Waals surface area contributed by atoms with Gasteiger partial charge in [-0.2, -0.15) is 0 Å². The van der Waals surface area contributed by atoms with Gasteiger partial charge in [-0.05, 0) is 26.7 Å². The van der Waals surface area contributed by atoms with E-state index in [-0.39, 0.29) is 0 Å². The Morgan fingerprint density at radius 1 is 1.32 bits per heavy atom. The lowest BCUT2D eigenvalue weighted by atomic mass is 9.96. The molecule has 0 aromatic carbocycles. The number of nitrogens with zero attached hydrogens (tertiary/aromatic N) is 2. The van der Waals surface area contributed by atoms with Gasteiger partial charge in [-0.15, -0.1) is 0 Å². The van der Waals surface area contributed by atoms with Crippen molar-refractivity contribution in [1.29, 1.82) is 0 Å². The molecule has 0 spiro atoms. The Balaban J connectivity index is 1.82. The van der Waals surface area contributed by atoms with Crippen molar-refractivity contribution in [3.8, 4) is 0 Å². The Hall–Kier alpha value is -1.52. The molecule has 5 heteroatoms. The molecule has 1 aromatic rings. The van der Waals surface area contributed by atoms with Gasteiger partial charge in [-0.25, -0.2) is 4.98 Å². The normalized spacial score (nSPS) is 17.5. The standard InChI is InChI=1S/C14H24N4O/c1-10-11(2)19-13(17-10)9-16-14(15-3)18-12-7-5-4-6-8-12/h12H,4-9H2,1-3H3,(H2,15,16,18). The van der Waals surface area contributed by atoms with Crippen molar-refractivity contribution in [2.24, 2.45) is 4.99 Å². The molecule has 1 heterocycles. The molecule has 5 nitrogen and oxygen atoms in total. The SMILES string of the molecule is CN=C(NCc1nc(C)c(C)o1)NC1CCCCC1. The van der Waals surface area contributed by atoms with Crippen LogP contribution < -0.4 is 10.6 Å². The minimum atomic E-state index is 0.549. The second-order valence-electron chi connectivity index (χ2n) is 5.15. The summed E-state index contributed by atoms with van der Waals surface area (Å²) in [6, 6.07) is 0.549. The lowest BCUT2D eigenvalue weighted by Crippen LogP contribution is -2.43. The number of oxazole rings is 1. The smallest absolute Gasteiger partial charge is 0.214 e. The average molecular weight is 264 g/mol. The second-order valence-corrected chi connectivity index (χ2v) is 5.15. The van der Waals surface area contributed by atoms with Crippen LogP contribution in [0, 0.1) is 13.8 Å². The van der Waals surface area contributed by atoms with Crippen LogP contribution >= 0.6 is 0 Å². The Labute approximate surface area is 114 Å². The fraction of sp³-hybridized carbons (Fsp3) is 0.714. The van der Waals surface area contributed by atoms with Crippen molar-refractivity contribution >= 4 is 5.96 Å². The third-order valence-corrected chi connectivity index (χ3v) is 3.65. The zero-order valence-corrected chi connectivity index (χ0v) is 12.1. The number of hydrogen-bond donors (Lipinski definition) is 2. The van der Waals surface area contributed by atoms with Gasteiger partial charge in [-0.3, -0.25) is 4.99 Å². The van der Waals surface area contributed by atoms with E-state index in [0.717, 1.165) is 17.4 Å². The summed E-state index contributed by atoms with van der Waals surface area (Å²) < 4.78 is 5.54. The third-order valence-electron chi connectivity index (χ3n) is 3.65. The Bertz CT molecular complexity index is 413. The monoisotopic (exact) mass is 264 g/mol. The summed E-state index contributed by atoms with van der Waals surface area (Å²) >= 11 is 0. The Morgan fingerprint density at radius 3 is 2.63 bits per heavy atom. The first-order valence-electron chi connectivity index (χ1n) is 7.09. The quantitative estimate of drug-likeness (QED) is 0.649. The highest BCUT2D eigenvalue weighted by Gasteiger charge is 2.14. The van der Waals surface area contributed by atoms with Crippen molar-refractivity contribution in [2.45, 2.75) is 58.5 Å². The fourth-order valence-electron chi connectivity index (χ4n) is 2.41. The lowest BCUT2D eigenvalue weighted by molar-refractivity contribution is 0.408. The Morgan fingerprint density at radius 2 is 2.05 bits per heavy atom. The van der Waals surface area contributed by atoms with Crippen molar-refractivity contribution < 1.29 is 4.42 Å². The van der Waals surface area contributed by atoms with Crippen molar-refractivity contribution in [1.82, 2.24) is 15.6 Å². The number of aromatic nitrogens is 1. The van der Waals surface area contributed by atoms with Crippen LogP contribution in [-0.2, 0) is 6.54 Å². The first kappa shape index (κ1) is 13.9. The number of hydrogen-bond acceptors (Lipinski definition) is 3. The van der Waals surface area contributed by atoms with Gasteiger partial charge in [0.25, 0.3) is 0 Å². The topological polar surface area (TPSA) is 62.5 Å². The highest BCUT2D eigenvalue weighted by molar-refractivity contribution is 5.79. The van der Waals surface area contributed by atoms with Gasteiger partial charge in [0.1, 0.15) is 5.76 Å². The zero-order chi connectivity index (χ0) is 13.7. The van der Waals surface area contributed by atoms with Gasteiger partial charge in [0.15, 0.2) is 5.96 Å². The van der Waals surface area contributed by atoms with E-state index < -0.39 is 0 Å². The molecule has 106 valence electrons. The van der Waals surface area contributed by atoms with E-state index >= 15 is 0 Å². The number of nitrogens with one attached hydrogen (secondary N) is 2. The van der Waals surface area contributed by atoms with Crippen molar-refractivity contribution in [2.75, 3.05) is 7.05 Å². The predicted octanol–water partition coefficient (Wildman–Crippen LogP) is 2.29. The van der Waals surface area contributed by atoms with Gasteiger partial charge in [0.2, 0.25) is 5.89 Å². The molecular weight excluding hydrogens is 240 g/mol. The van der Waals surface area contributed by atoms with Crippen LogP contribution in [-0.4, -0.2) is 24.0 Å². The Kier molecular flexibility index (Phi) is 4.82. The van der Waals surface area contributed by atoms with Crippen LogP contribution in [0.25, 0.3) is 0 Å². The van der Waals surface area contributed by atoms with Gasteiger partial charge in [-0.1, -0.05) is 19.3 Å². The summed E-state index contributed by atoms with van der Waals surface area (Å²) in [4.78, 5) is 8.60. The first-order chi connectivity index (χ1) is 9.19. The molecule has 1 aliphatic rings. The predicted molar refractivity (Wildman–Crippen MR) is 76.2 cm³/mol. The number of rotatable bonds is 3. The number of aryl methyl sites for hydroxylation is 2. The second kappa shape index (κ2) is 6.59. The summed E-state index contributed by atoms with van der Waals surface area (Å²) in [6.07, 6.45) is 6.45. The molecule has 0 saturated heterocycles. The molecular formula is C14H24N4O. The van der Waals surface area contributed by atoms with Gasteiger partial charge in [0, 0.05) is 13.1 Å². The average Bonchev–Trinajstić information content (AvgIpc) is 2.75. The minimum Gasteiger partial charge on any atom is -0.444 e. The van der Waals surface area contributed by atoms with Gasteiger partial charge >= 0.3 is 0 Å². The van der Waals surface area contributed by atoms with Gasteiger partial charge in [0.05, 0.1) is 12.2 Å². The van der Waals surface area contributed by atoms with E-state index in [4.69, 9.17) is 4.42 Å². The summed E-state index contributed by atoms with van der Waals surface area (Å²) in [5, 5.41) is 6.72. The van der Waals surface area contributed by atoms with Crippen LogP contribution in [0.1, 0.15) is 49.4 Å². The molecule has 2 rings (SSSR count). The summed E-state index contributed by atoms with van der Waals surface area (Å²) in [5.74, 6) is 2.43. The molecule has 0 atom stereocenters. The molecule has 0 aliphatic heterocycles. The van der Waals surface area contributed by atoms with Crippen LogP contribution in [0.5, 0.6) is 0 Å².